The lowest BCUT2D eigenvalue weighted by Gasteiger charge is -2.17. The van der Waals surface area contributed by atoms with Crippen LogP contribution in [0.3, 0.4) is 0 Å². The summed E-state index contributed by atoms with van der Waals surface area (Å²) in [7, 11) is 0. The first-order valence-electron chi connectivity index (χ1n) is 5.60. The molecule has 0 bridgehead atoms. The van der Waals surface area contributed by atoms with Gasteiger partial charge in [-0.25, -0.2) is 0 Å². The second kappa shape index (κ2) is 5.05. The molecule has 0 aromatic carbocycles. The Morgan fingerprint density at radius 2 is 2.53 bits per heavy atom. The monoisotopic (exact) mass is 225 g/mol. The van der Waals surface area contributed by atoms with E-state index in [0.717, 1.165) is 6.54 Å². The zero-order chi connectivity index (χ0) is 10.7. The maximum absolute atomic E-state index is 4.11. The topological polar surface area (TPSA) is 28.2 Å². The minimum atomic E-state index is 0.596. The maximum atomic E-state index is 4.11. The van der Waals surface area contributed by atoms with E-state index in [4.69, 9.17) is 0 Å². The van der Waals surface area contributed by atoms with Crippen LogP contribution in [-0.4, -0.2) is 35.1 Å². The van der Waals surface area contributed by atoms with Gasteiger partial charge in [-0.2, -0.15) is 0 Å². The number of thiazole rings is 1. The summed E-state index contributed by atoms with van der Waals surface area (Å²) in [5.41, 5.74) is 1.91. The number of aromatic nitrogens is 1. The Morgan fingerprint density at radius 3 is 3.20 bits per heavy atom. The number of nitrogens with one attached hydrogen (secondary N) is 1. The Bertz CT molecular complexity index is 284. The molecular weight excluding hydrogens is 206 g/mol. The molecule has 1 aliphatic rings. The van der Waals surface area contributed by atoms with Gasteiger partial charge in [-0.1, -0.05) is 13.8 Å². The molecule has 0 spiro atoms. The van der Waals surface area contributed by atoms with Crippen molar-refractivity contribution in [2.24, 2.45) is 0 Å². The molecule has 1 unspecified atom stereocenters. The van der Waals surface area contributed by atoms with Crippen LogP contribution >= 0.6 is 11.3 Å². The summed E-state index contributed by atoms with van der Waals surface area (Å²) >= 11 is 1.75. The van der Waals surface area contributed by atoms with Crippen molar-refractivity contribution in [1.29, 1.82) is 0 Å². The normalized spacial score (nSPS) is 22.7. The number of likely N-dealkylation sites (tertiary alicyclic amines) is 1. The second-order valence-electron chi connectivity index (χ2n) is 4.51. The average molecular weight is 225 g/mol. The highest BCUT2D eigenvalue weighted by molar-refractivity contribution is 7.09. The third-order valence-electron chi connectivity index (χ3n) is 2.70. The molecule has 1 atom stereocenters. The van der Waals surface area contributed by atoms with Crippen molar-refractivity contribution in [3.63, 3.8) is 0 Å². The molecule has 1 fully saturated rings. The van der Waals surface area contributed by atoms with Crippen LogP contribution < -0.4 is 5.32 Å². The van der Waals surface area contributed by atoms with Crippen LogP contribution in [0.2, 0.25) is 0 Å². The van der Waals surface area contributed by atoms with Gasteiger partial charge in [0.25, 0.3) is 0 Å². The zero-order valence-corrected chi connectivity index (χ0v) is 10.3. The van der Waals surface area contributed by atoms with Crippen molar-refractivity contribution in [1.82, 2.24) is 15.2 Å². The Morgan fingerprint density at radius 1 is 1.67 bits per heavy atom. The minimum absolute atomic E-state index is 0.596. The number of hydrogen-bond acceptors (Lipinski definition) is 4. The van der Waals surface area contributed by atoms with Gasteiger partial charge < -0.3 is 5.32 Å². The fourth-order valence-corrected chi connectivity index (χ4v) is 2.76. The first-order chi connectivity index (χ1) is 7.24. The molecule has 2 rings (SSSR count). The summed E-state index contributed by atoms with van der Waals surface area (Å²) in [5.74, 6) is 0. The fraction of sp³-hybridized carbons (Fsp3) is 0.727. The molecule has 0 aliphatic carbocycles. The molecule has 0 saturated carbocycles. The van der Waals surface area contributed by atoms with Crippen molar-refractivity contribution in [2.45, 2.75) is 38.9 Å². The Balaban J connectivity index is 1.78. The predicted molar refractivity (Wildman–Crippen MR) is 64.1 cm³/mol. The SMILES string of the molecule is CC(C)NC1CCN(Cc2cncs2)C1. The summed E-state index contributed by atoms with van der Waals surface area (Å²) in [5, 5.41) is 3.60. The molecule has 1 aromatic rings. The molecule has 1 aliphatic heterocycles. The summed E-state index contributed by atoms with van der Waals surface area (Å²) < 4.78 is 0. The van der Waals surface area contributed by atoms with Gasteiger partial charge in [0.05, 0.1) is 5.51 Å². The standard InChI is InChI=1S/C11H19N3S/c1-9(2)13-10-3-4-14(6-10)7-11-5-12-8-15-11/h5,8-10,13H,3-4,6-7H2,1-2H3. The van der Waals surface area contributed by atoms with E-state index in [1.807, 2.05) is 11.7 Å². The lowest BCUT2D eigenvalue weighted by molar-refractivity contribution is 0.319. The third kappa shape index (κ3) is 3.26. The van der Waals surface area contributed by atoms with E-state index < -0.39 is 0 Å². The molecule has 1 aromatic heterocycles. The smallest absolute Gasteiger partial charge is 0.0794 e. The summed E-state index contributed by atoms with van der Waals surface area (Å²) in [6, 6.07) is 1.27. The lowest BCUT2D eigenvalue weighted by atomic mass is 10.2. The molecule has 4 heteroatoms. The van der Waals surface area contributed by atoms with Crippen LogP contribution in [0, 0.1) is 0 Å². The van der Waals surface area contributed by atoms with Crippen molar-refractivity contribution < 1.29 is 0 Å². The predicted octanol–water partition coefficient (Wildman–Crippen LogP) is 1.72. The quantitative estimate of drug-likeness (QED) is 0.845. The van der Waals surface area contributed by atoms with Gasteiger partial charge in [0.1, 0.15) is 0 Å². The highest BCUT2D eigenvalue weighted by atomic mass is 32.1. The first kappa shape index (κ1) is 11.0. The van der Waals surface area contributed by atoms with E-state index in [9.17, 15) is 0 Å². The van der Waals surface area contributed by atoms with Gasteiger partial charge in [-0.3, -0.25) is 9.88 Å². The molecule has 0 amide bonds. The molecule has 84 valence electrons. The molecule has 15 heavy (non-hydrogen) atoms. The molecule has 1 N–H and O–H groups in total. The number of hydrogen-bond donors (Lipinski definition) is 1. The van der Waals surface area contributed by atoms with Gasteiger partial charge in [-0.05, 0) is 6.42 Å². The molecule has 1 saturated heterocycles. The molecule has 0 radical (unpaired) electrons. The second-order valence-corrected chi connectivity index (χ2v) is 5.48. The Labute approximate surface area is 95.5 Å². The van der Waals surface area contributed by atoms with Crippen LogP contribution in [0.5, 0.6) is 0 Å². The molecule has 2 heterocycles. The van der Waals surface area contributed by atoms with Gasteiger partial charge >= 0.3 is 0 Å². The minimum Gasteiger partial charge on any atom is -0.310 e. The van der Waals surface area contributed by atoms with Gasteiger partial charge in [-0.15, -0.1) is 11.3 Å². The van der Waals surface area contributed by atoms with Crippen LogP contribution in [0.1, 0.15) is 25.1 Å². The number of rotatable bonds is 4. The first-order valence-corrected chi connectivity index (χ1v) is 6.48. The zero-order valence-electron chi connectivity index (χ0n) is 9.44. The average Bonchev–Trinajstić information content (AvgIpc) is 2.77. The highest BCUT2D eigenvalue weighted by Crippen LogP contribution is 2.15. The maximum Gasteiger partial charge on any atom is 0.0794 e. The van der Waals surface area contributed by atoms with E-state index in [0.29, 0.717) is 12.1 Å². The van der Waals surface area contributed by atoms with E-state index in [-0.39, 0.29) is 0 Å². The van der Waals surface area contributed by atoms with Crippen LogP contribution in [0.15, 0.2) is 11.7 Å². The highest BCUT2D eigenvalue weighted by Gasteiger charge is 2.22. The van der Waals surface area contributed by atoms with E-state index in [2.05, 4.69) is 29.0 Å². The fourth-order valence-electron chi connectivity index (χ4n) is 2.12. The largest absolute Gasteiger partial charge is 0.310 e. The van der Waals surface area contributed by atoms with E-state index >= 15 is 0 Å². The summed E-state index contributed by atoms with van der Waals surface area (Å²) in [6.45, 7) is 7.89. The van der Waals surface area contributed by atoms with Crippen molar-refractivity contribution in [2.75, 3.05) is 13.1 Å². The Kier molecular flexibility index (Phi) is 3.72. The van der Waals surface area contributed by atoms with Crippen molar-refractivity contribution in [3.05, 3.63) is 16.6 Å². The Hall–Kier alpha value is -0.450. The van der Waals surface area contributed by atoms with Crippen LogP contribution in [0.25, 0.3) is 0 Å². The third-order valence-corrected chi connectivity index (χ3v) is 3.47. The summed E-state index contributed by atoms with van der Waals surface area (Å²) in [6.07, 6.45) is 3.25. The van der Waals surface area contributed by atoms with E-state index in [1.165, 1.54) is 24.4 Å². The van der Waals surface area contributed by atoms with Gasteiger partial charge in [0, 0.05) is 42.8 Å². The van der Waals surface area contributed by atoms with Gasteiger partial charge in [0.2, 0.25) is 0 Å². The van der Waals surface area contributed by atoms with E-state index in [1.54, 1.807) is 11.3 Å². The molecular formula is C11H19N3S. The molecule has 3 nitrogen and oxygen atoms in total. The van der Waals surface area contributed by atoms with Crippen molar-refractivity contribution in [3.8, 4) is 0 Å². The summed E-state index contributed by atoms with van der Waals surface area (Å²) in [4.78, 5) is 7.99. The van der Waals surface area contributed by atoms with Crippen molar-refractivity contribution >= 4 is 11.3 Å². The number of nitrogens with zero attached hydrogens (tertiary/aromatic N) is 2. The van der Waals surface area contributed by atoms with Crippen LogP contribution in [0.4, 0.5) is 0 Å². The van der Waals surface area contributed by atoms with Crippen LogP contribution in [-0.2, 0) is 6.54 Å². The van der Waals surface area contributed by atoms with Gasteiger partial charge in [0.15, 0.2) is 0 Å². The lowest BCUT2D eigenvalue weighted by Crippen LogP contribution is -2.36.